The minimum absolute atomic E-state index is 0.0366. The summed E-state index contributed by atoms with van der Waals surface area (Å²) in [6.45, 7) is 1.98. The van der Waals surface area contributed by atoms with Crippen molar-refractivity contribution in [2.45, 2.75) is 38.1 Å². The molecule has 0 N–H and O–H groups in total. The average Bonchev–Trinajstić information content (AvgIpc) is 3.33. The number of hydrogen-bond acceptors (Lipinski definition) is 5. The van der Waals surface area contributed by atoms with Gasteiger partial charge in [-0.1, -0.05) is 13.0 Å². The maximum atomic E-state index is 12.3. The van der Waals surface area contributed by atoms with Crippen molar-refractivity contribution in [3.05, 3.63) is 46.5 Å². The molecule has 0 saturated heterocycles. The second-order valence-corrected chi connectivity index (χ2v) is 6.06. The maximum Gasteiger partial charge on any atom is 0.313 e. The fourth-order valence-corrected chi connectivity index (χ4v) is 2.83. The van der Waals surface area contributed by atoms with Crippen molar-refractivity contribution < 1.29 is 14.3 Å². The van der Waals surface area contributed by atoms with E-state index in [4.69, 9.17) is 9.47 Å². The summed E-state index contributed by atoms with van der Waals surface area (Å²) in [5.74, 6) is 0.821. The Morgan fingerprint density at radius 1 is 1.30 bits per heavy atom. The first-order valence-corrected chi connectivity index (χ1v) is 7.71. The number of rotatable bonds is 3. The minimum Gasteiger partial charge on any atom is -0.435 e. The number of esters is 1. The standard InChI is InChI=1S/C17H16N2O4/c1-10-8-15(20)23-14-9-12(4-5-13(10)14)22-16-17(21)19(7-6-18-16)11-2-3-11/h4-7,9-11H,2-3,8H2,1H3. The van der Waals surface area contributed by atoms with Gasteiger partial charge >= 0.3 is 11.5 Å². The third-order valence-electron chi connectivity index (χ3n) is 4.20. The van der Waals surface area contributed by atoms with Crippen LogP contribution in [0.3, 0.4) is 0 Å². The lowest BCUT2D eigenvalue weighted by Crippen LogP contribution is -2.21. The van der Waals surface area contributed by atoms with Crippen molar-refractivity contribution in [2.24, 2.45) is 0 Å². The third-order valence-corrected chi connectivity index (χ3v) is 4.20. The zero-order valence-electron chi connectivity index (χ0n) is 12.7. The summed E-state index contributed by atoms with van der Waals surface area (Å²) >= 11 is 0. The first-order valence-electron chi connectivity index (χ1n) is 7.71. The zero-order chi connectivity index (χ0) is 16.0. The second-order valence-electron chi connectivity index (χ2n) is 6.06. The van der Waals surface area contributed by atoms with Gasteiger partial charge in [0.2, 0.25) is 0 Å². The first-order chi connectivity index (χ1) is 11.1. The van der Waals surface area contributed by atoms with E-state index in [1.54, 1.807) is 29.1 Å². The van der Waals surface area contributed by atoms with Crippen LogP contribution in [0.5, 0.6) is 17.4 Å². The SMILES string of the molecule is CC1CC(=O)Oc2cc(Oc3nccn(C4CC4)c3=O)ccc21. The molecule has 118 valence electrons. The van der Waals surface area contributed by atoms with Crippen molar-refractivity contribution in [1.29, 1.82) is 0 Å². The summed E-state index contributed by atoms with van der Waals surface area (Å²) < 4.78 is 12.5. The van der Waals surface area contributed by atoms with Gasteiger partial charge in [0.25, 0.3) is 5.88 Å². The lowest BCUT2D eigenvalue weighted by atomic mass is 9.95. The van der Waals surface area contributed by atoms with Crippen molar-refractivity contribution in [3.63, 3.8) is 0 Å². The molecule has 1 saturated carbocycles. The number of nitrogens with zero attached hydrogens (tertiary/aromatic N) is 2. The lowest BCUT2D eigenvalue weighted by Gasteiger charge is -2.21. The monoisotopic (exact) mass is 312 g/mol. The molecule has 23 heavy (non-hydrogen) atoms. The van der Waals surface area contributed by atoms with Gasteiger partial charge in [-0.05, 0) is 30.4 Å². The van der Waals surface area contributed by atoms with Crippen LogP contribution >= 0.6 is 0 Å². The predicted octanol–water partition coefficient (Wildman–Crippen LogP) is 2.78. The van der Waals surface area contributed by atoms with Crippen LogP contribution in [0.4, 0.5) is 0 Å². The molecular weight excluding hydrogens is 296 g/mol. The van der Waals surface area contributed by atoms with Crippen LogP contribution in [0.15, 0.2) is 35.4 Å². The van der Waals surface area contributed by atoms with Gasteiger partial charge in [0.1, 0.15) is 11.5 Å². The van der Waals surface area contributed by atoms with Gasteiger partial charge in [-0.3, -0.25) is 9.59 Å². The fraction of sp³-hybridized carbons (Fsp3) is 0.353. The number of carbonyl (C=O) groups is 1. The van der Waals surface area contributed by atoms with Gasteiger partial charge in [-0.15, -0.1) is 0 Å². The first kappa shape index (κ1) is 14.0. The van der Waals surface area contributed by atoms with E-state index in [-0.39, 0.29) is 29.4 Å². The molecule has 0 radical (unpaired) electrons. The molecule has 2 heterocycles. The molecule has 1 aromatic heterocycles. The van der Waals surface area contributed by atoms with Crippen LogP contribution < -0.4 is 15.0 Å². The molecule has 0 spiro atoms. The molecule has 4 rings (SSSR count). The molecule has 2 aromatic rings. The Bertz CT molecular complexity index is 839. The fourth-order valence-electron chi connectivity index (χ4n) is 2.83. The lowest BCUT2D eigenvalue weighted by molar-refractivity contribution is -0.135. The number of fused-ring (bicyclic) bond motifs is 1. The van der Waals surface area contributed by atoms with Crippen LogP contribution in [0.2, 0.25) is 0 Å². The van der Waals surface area contributed by atoms with Crippen molar-refractivity contribution in [3.8, 4) is 17.4 Å². The third kappa shape index (κ3) is 2.60. The van der Waals surface area contributed by atoms with Gasteiger partial charge < -0.3 is 14.0 Å². The second kappa shape index (κ2) is 5.22. The van der Waals surface area contributed by atoms with Gasteiger partial charge in [0.05, 0.1) is 6.42 Å². The highest BCUT2D eigenvalue weighted by Gasteiger charge is 2.26. The Kier molecular flexibility index (Phi) is 3.18. The quantitative estimate of drug-likeness (QED) is 0.644. The molecule has 1 aromatic carbocycles. The van der Waals surface area contributed by atoms with Gasteiger partial charge in [0.15, 0.2) is 0 Å². The van der Waals surface area contributed by atoms with E-state index in [9.17, 15) is 9.59 Å². The van der Waals surface area contributed by atoms with Crippen LogP contribution in [-0.2, 0) is 4.79 Å². The summed E-state index contributed by atoms with van der Waals surface area (Å²) in [4.78, 5) is 27.9. The van der Waals surface area contributed by atoms with Crippen molar-refractivity contribution in [2.75, 3.05) is 0 Å². The Hall–Kier alpha value is -2.63. The van der Waals surface area contributed by atoms with Crippen LogP contribution in [-0.4, -0.2) is 15.5 Å². The smallest absolute Gasteiger partial charge is 0.313 e. The molecule has 1 aliphatic carbocycles. The van der Waals surface area contributed by atoms with Crippen LogP contribution in [0, 0.1) is 0 Å². The van der Waals surface area contributed by atoms with E-state index < -0.39 is 0 Å². The predicted molar refractivity (Wildman–Crippen MR) is 82.0 cm³/mol. The molecule has 1 unspecified atom stereocenters. The number of carbonyl (C=O) groups excluding carboxylic acids is 1. The molecule has 1 aliphatic heterocycles. The molecular formula is C17H16N2O4. The van der Waals surface area contributed by atoms with Crippen LogP contribution in [0.25, 0.3) is 0 Å². The molecule has 6 heteroatoms. The Morgan fingerprint density at radius 2 is 2.13 bits per heavy atom. The normalized spacial score (nSPS) is 19.9. The number of ether oxygens (including phenoxy) is 2. The van der Waals surface area contributed by atoms with Crippen molar-refractivity contribution >= 4 is 5.97 Å². The summed E-state index contributed by atoms with van der Waals surface area (Å²) in [5.41, 5.74) is 0.728. The molecule has 2 aliphatic rings. The summed E-state index contributed by atoms with van der Waals surface area (Å²) in [7, 11) is 0. The van der Waals surface area contributed by atoms with E-state index in [1.807, 2.05) is 13.0 Å². The number of benzene rings is 1. The maximum absolute atomic E-state index is 12.3. The number of aromatic nitrogens is 2. The topological polar surface area (TPSA) is 70.4 Å². The average molecular weight is 312 g/mol. The molecule has 6 nitrogen and oxygen atoms in total. The van der Waals surface area contributed by atoms with E-state index in [2.05, 4.69) is 4.98 Å². The Labute approximate surface area is 132 Å². The highest BCUT2D eigenvalue weighted by Crippen LogP contribution is 2.37. The summed E-state index contributed by atoms with van der Waals surface area (Å²) in [5, 5.41) is 0. The minimum atomic E-state index is -0.254. The van der Waals surface area contributed by atoms with Gasteiger partial charge in [-0.2, -0.15) is 0 Å². The molecule has 1 fully saturated rings. The molecule has 0 bridgehead atoms. The van der Waals surface area contributed by atoms with Gasteiger partial charge in [-0.25, -0.2) is 4.98 Å². The molecule has 0 amide bonds. The van der Waals surface area contributed by atoms with Crippen molar-refractivity contribution in [1.82, 2.24) is 9.55 Å². The highest BCUT2D eigenvalue weighted by atomic mass is 16.5. The van der Waals surface area contributed by atoms with E-state index in [0.29, 0.717) is 17.9 Å². The van der Waals surface area contributed by atoms with Gasteiger partial charge in [0, 0.05) is 24.5 Å². The molecule has 1 atom stereocenters. The summed E-state index contributed by atoms with van der Waals surface area (Å²) in [6, 6.07) is 5.53. The summed E-state index contributed by atoms with van der Waals surface area (Å²) in [6.07, 6.45) is 5.64. The Balaban J connectivity index is 1.65. The largest absolute Gasteiger partial charge is 0.435 e. The van der Waals surface area contributed by atoms with E-state index >= 15 is 0 Å². The van der Waals surface area contributed by atoms with E-state index in [0.717, 1.165) is 18.4 Å². The van der Waals surface area contributed by atoms with E-state index in [1.165, 1.54) is 0 Å². The van der Waals surface area contributed by atoms with Crippen LogP contribution in [0.1, 0.15) is 43.7 Å². The highest BCUT2D eigenvalue weighted by molar-refractivity contribution is 5.76. The number of hydrogen-bond donors (Lipinski definition) is 0. The zero-order valence-corrected chi connectivity index (χ0v) is 12.7. The Morgan fingerprint density at radius 3 is 2.91 bits per heavy atom.